The highest BCUT2D eigenvalue weighted by molar-refractivity contribution is 5.79. The Morgan fingerprint density at radius 1 is 1.03 bits per heavy atom. The number of fused-ring (bicyclic) bond motifs is 1. The molecule has 0 spiro atoms. The van der Waals surface area contributed by atoms with Crippen molar-refractivity contribution in [2.24, 2.45) is 5.92 Å². The van der Waals surface area contributed by atoms with Gasteiger partial charge in [0.15, 0.2) is 6.61 Å². The van der Waals surface area contributed by atoms with Crippen LogP contribution in [-0.2, 0) is 9.53 Å². The molecule has 0 aliphatic heterocycles. The molecule has 3 rings (SSSR count). The fourth-order valence-corrected chi connectivity index (χ4v) is 2.81. The lowest BCUT2D eigenvalue weighted by Crippen LogP contribution is -2.17. The highest BCUT2D eigenvalue weighted by atomic mass is 16.6. The highest BCUT2D eigenvalue weighted by Gasteiger charge is 2.12. The molecule has 0 amide bonds. The summed E-state index contributed by atoms with van der Waals surface area (Å²) >= 11 is 0. The normalized spacial score (nSPS) is 10.9. The van der Waals surface area contributed by atoms with Crippen molar-refractivity contribution in [1.82, 2.24) is 0 Å². The maximum atomic E-state index is 12.7. The lowest BCUT2D eigenvalue weighted by atomic mass is 10.1. The van der Waals surface area contributed by atoms with E-state index in [-0.39, 0.29) is 23.7 Å². The Balaban J connectivity index is 1.75. The van der Waals surface area contributed by atoms with Crippen molar-refractivity contribution in [2.75, 3.05) is 13.2 Å². The summed E-state index contributed by atoms with van der Waals surface area (Å²) in [5.74, 6) is 0.902. The number of aryl methyl sites for hydroxylation is 2. The van der Waals surface area contributed by atoms with Crippen LogP contribution in [0.5, 0.6) is 17.2 Å². The van der Waals surface area contributed by atoms with E-state index in [9.17, 15) is 9.59 Å². The van der Waals surface area contributed by atoms with Crippen molar-refractivity contribution in [1.29, 1.82) is 0 Å². The van der Waals surface area contributed by atoms with Crippen LogP contribution in [0.15, 0.2) is 51.9 Å². The van der Waals surface area contributed by atoms with Gasteiger partial charge in [0, 0.05) is 6.07 Å². The van der Waals surface area contributed by atoms with Crippen LogP contribution in [0.2, 0.25) is 0 Å². The third-order valence-electron chi connectivity index (χ3n) is 4.07. The largest absolute Gasteiger partial charge is 0.482 e. The van der Waals surface area contributed by atoms with E-state index in [2.05, 4.69) is 0 Å². The van der Waals surface area contributed by atoms with Crippen LogP contribution in [0, 0.1) is 19.8 Å². The van der Waals surface area contributed by atoms with Gasteiger partial charge in [-0.2, -0.15) is 0 Å². The maximum absolute atomic E-state index is 12.7. The predicted octanol–water partition coefficient (Wildman–Crippen LogP) is 4.78. The Bertz CT molecular complexity index is 1060. The summed E-state index contributed by atoms with van der Waals surface area (Å²) in [7, 11) is 0. The highest BCUT2D eigenvalue weighted by Crippen LogP contribution is 2.25. The zero-order valence-corrected chi connectivity index (χ0v) is 17.0. The molecule has 0 saturated heterocycles. The minimum absolute atomic E-state index is 0.105. The van der Waals surface area contributed by atoms with Gasteiger partial charge in [0.05, 0.1) is 12.0 Å². The number of ether oxygens (including phenoxy) is 3. The fraction of sp³-hybridized carbons (Fsp3) is 0.304. The molecule has 0 fully saturated rings. The first-order valence-corrected chi connectivity index (χ1v) is 9.42. The smallest absolute Gasteiger partial charge is 0.344 e. The van der Waals surface area contributed by atoms with Gasteiger partial charge in [-0.25, -0.2) is 4.79 Å². The molecule has 1 aromatic heterocycles. The summed E-state index contributed by atoms with van der Waals surface area (Å²) in [6.45, 7) is 7.97. The Hall–Kier alpha value is -3.28. The predicted molar refractivity (Wildman–Crippen MR) is 110 cm³/mol. The van der Waals surface area contributed by atoms with Crippen molar-refractivity contribution in [2.45, 2.75) is 27.7 Å². The second-order valence-corrected chi connectivity index (χ2v) is 7.38. The molecule has 6 heteroatoms. The zero-order chi connectivity index (χ0) is 21.0. The number of hydrogen-bond donors (Lipinski definition) is 0. The molecule has 0 atom stereocenters. The van der Waals surface area contributed by atoms with Crippen molar-refractivity contribution in [3.63, 3.8) is 0 Å². The summed E-state index contributed by atoms with van der Waals surface area (Å²) in [5.41, 5.74) is 2.14. The average molecular weight is 396 g/mol. The van der Waals surface area contributed by atoms with Gasteiger partial charge in [0.1, 0.15) is 23.3 Å². The van der Waals surface area contributed by atoms with E-state index in [1.807, 2.05) is 45.9 Å². The van der Waals surface area contributed by atoms with Gasteiger partial charge in [-0.15, -0.1) is 0 Å². The Morgan fingerprint density at radius 2 is 1.76 bits per heavy atom. The molecule has 152 valence electrons. The van der Waals surface area contributed by atoms with Crippen molar-refractivity contribution >= 4 is 16.9 Å². The first-order chi connectivity index (χ1) is 13.8. The lowest BCUT2D eigenvalue weighted by molar-refractivity contribution is -0.147. The molecular weight excluding hydrogens is 372 g/mol. The standard InChI is InChI=1S/C23H24O6/c1-14(2)11-28-22(24)13-26-17-5-6-19-20(10-17)27-12-21(23(19)25)29-18-8-15(3)7-16(4)9-18/h5-10,12,14H,11,13H2,1-4H3. The molecule has 0 saturated carbocycles. The van der Waals surface area contributed by atoms with Crippen LogP contribution < -0.4 is 14.9 Å². The van der Waals surface area contributed by atoms with Gasteiger partial charge in [-0.3, -0.25) is 4.79 Å². The van der Waals surface area contributed by atoms with E-state index < -0.39 is 5.97 Å². The summed E-state index contributed by atoms with van der Waals surface area (Å²) in [4.78, 5) is 24.4. The summed E-state index contributed by atoms with van der Waals surface area (Å²) < 4.78 is 21.8. The molecule has 6 nitrogen and oxygen atoms in total. The van der Waals surface area contributed by atoms with Crippen LogP contribution in [0.4, 0.5) is 0 Å². The van der Waals surface area contributed by atoms with E-state index in [4.69, 9.17) is 18.6 Å². The molecule has 0 aliphatic rings. The van der Waals surface area contributed by atoms with Gasteiger partial charge < -0.3 is 18.6 Å². The zero-order valence-electron chi connectivity index (χ0n) is 17.0. The van der Waals surface area contributed by atoms with E-state index >= 15 is 0 Å². The number of benzene rings is 2. The molecule has 0 unspecified atom stereocenters. The molecular formula is C23H24O6. The number of esters is 1. The number of carbonyl (C=O) groups excluding carboxylic acids is 1. The summed E-state index contributed by atoms with van der Waals surface area (Å²) in [5, 5.41) is 0.363. The minimum atomic E-state index is -0.447. The third kappa shape index (κ3) is 5.38. The van der Waals surface area contributed by atoms with Gasteiger partial charge in [-0.1, -0.05) is 19.9 Å². The van der Waals surface area contributed by atoms with Crippen LogP contribution in [0.3, 0.4) is 0 Å². The molecule has 0 radical (unpaired) electrons. The Morgan fingerprint density at radius 3 is 2.45 bits per heavy atom. The van der Waals surface area contributed by atoms with Crippen molar-refractivity contribution in [3.05, 3.63) is 64.0 Å². The van der Waals surface area contributed by atoms with E-state index in [0.29, 0.717) is 29.1 Å². The molecule has 3 aromatic rings. The lowest BCUT2D eigenvalue weighted by Gasteiger charge is -2.10. The molecule has 2 aromatic carbocycles. The van der Waals surface area contributed by atoms with Gasteiger partial charge in [0.2, 0.25) is 11.2 Å². The Kier molecular flexibility index (Phi) is 6.22. The van der Waals surface area contributed by atoms with Crippen LogP contribution in [0.1, 0.15) is 25.0 Å². The number of carbonyl (C=O) groups is 1. The second-order valence-electron chi connectivity index (χ2n) is 7.38. The fourth-order valence-electron chi connectivity index (χ4n) is 2.81. The Labute approximate surface area is 169 Å². The van der Waals surface area contributed by atoms with E-state index in [1.54, 1.807) is 18.2 Å². The quantitative estimate of drug-likeness (QED) is 0.535. The van der Waals surface area contributed by atoms with Crippen LogP contribution >= 0.6 is 0 Å². The number of hydrogen-bond acceptors (Lipinski definition) is 6. The monoisotopic (exact) mass is 396 g/mol. The molecule has 0 N–H and O–H groups in total. The van der Waals surface area contributed by atoms with Crippen molar-refractivity contribution in [3.8, 4) is 17.2 Å². The topological polar surface area (TPSA) is 75.0 Å². The first-order valence-electron chi connectivity index (χ1n) is 9.42. The third-order valence-corrected chi connectivity index (χ3v) is 4.07. The van der Waals surface area contributed by atoms with E-state index in [1.165, 1.54) is 6.26 Å². The summed E-state index contributed by atoms with van der Waals surface area (Å²) in [6, 6.07) is 10.5. The van der Waals surface area contributed by atoms with Crippen LogP contribution in [-0.4, -0.2) is 19.2 Å². The molecule has 0 aliphatic carbocycles. The maximum Gasteiger partial charge on any atom is 0.344 e. The molecule has 0 bridgehead atoms. The summed E-state index contributed by atoms with van der Waals surface area (Å²) in [6.07, 6.45) is 1.28. The average Bonchev–Trinajstić information content (AvgIpc) is 2.66. The number of rotatable bonds is 7. The molecule has 1 heterocycles. The van der Waals surface area contributed by atoms with Gasteiger partial charge in [0.25, 0.3) is 0 Å². The van der Waals surface area contributed by atoms with Crippen LogP contribution in [0.25, 0.3) is 11.0 Å². The first kappa shape index (κ1) is 20.5. The second kappa shape index (κ2) is 8.82. The molecule has 29 heavy (non-hydrogen) atoms. The minimum Gasteiger partial charge on any atom is -0.482 e. The van der Waals surface area contributed by atoms with Gasteiger partial charge in [-0.05, 0) is 55.2 Å². The van der Waals surface area contributed by atoms with Crippen molar-refractivity contribution < 1.29 is 23.4 Å². The van der Waals surface area contributed by atoms with Gasteiger partial charge >= 0.3 is 5.97 Å². The van der Waals surface area contributed by atoms with E-state index in [0.717, 1.165) is 11.1 Å². The SMILES string of the molecule is Cc1cc(C)cc(Oc2coc3cc(OCC(=O)OCC(C)C)ccc3c2=O)c1.